The maximum absolute atomic E-state index is 12.6. The van der Waals surface area contributed by atoms with Crippen molar-refractivity contribution < 1.29 is 9.53 Å². The van der Waals surface area contributed by atoms with E-state index in [-0.39, 0.29) is 16.9 Å². The van der Waals surface area contributed by atoms with Crippen LogP contribution in [0.1, 0.15) is 45.6 Å². The summed E-state index contributed by atoms with van der Waals surface area (Å²) in [5, 5.41) is 4.57. The first-order chi connectivity index (χ1) is 10.5. The fourth-order valence-corrected chi connectivity index (χ4v) is 3.41. The molecule has 0 unspecified atom stereocenters. The number of aromatic nitrogens is 2. The van der Waals surface area contributed by atoms with Crippen molar-refractivity contribution in [1.82, 2.24) is 14.7 Å². The normalized spacial score (nSPS) is 23.1. The van der Waals surface area contributed by atoms with Crippen LogP contribution in [0.15, 0.2) is 12.4 Å². The van der Waals surface area contributed by atoms with Gasteiger partial charge in [-0.2, -0.15) is 5.10 Å². The number of nitrogens with zero attached hydrogens (tertiary/aromatic N) is 3. The van der Waals surface area contributed by atoms with Gasteiger partial charge in [0.25, 0.3) is 0 Å². The molecule has 2 fully saturated rings. The molecule has 1 amide bonds. The Kier molecular flexibility index (Phi) is 4.02. The Morgan fingerprint density at radius 3 is 2.55 bits per heavy atom. The number of carbonyl (C=O) groups is 1. The summed E-state index contributed by atoms with van der Waals surface area (Å²) in [5.41, 5.74) is 1.05. The summed E-state index contributed by atoms with van der Waals surface area (Å²) in [6, 6.07) is 0. The van der Waals surface area contributed by atoms with E-state index in [1.54, 1.807) is 0 Å². The molecule has 5 heteroatoms. The summed E-state index contributed by atoms with van der Waals surface area (Å²) in [4.78, 5) is 14.6. The molecule has 2 aliphatic rings. The Labute approximate surface area is 132 Å². The zero-order valence-corrected chi connectivity index (χ0v) is 14.0. The predicted octanol–water partition coefficient (Wildman–Crippen LogP) is 2.21. The highest BCUT2D eigenvalue weighted by atomic mass is 16.5. The Morgan fingerprint density at radius 1 is 1.32 bits per heavy atom. The molecule has 0 aromatic carbocycles. The van der Waals surface area contributed by atoms with Crippen LogP contribution in [0.25, 0.3) is 0 Å². The van der Waals surface area contributed by atoms with Crippen LogP contribution in [0.2, 0.25) is 0 Å². The number of hydrogen-bond donors (Lipinski definition) is 0. The van der Waals surface area contributed by atoms with E-state index in [0.717, 1.165) is 38.8 Å². The van der Waals surface area contributed by atoms with Crippen molar-refractivity contribution in [2.45, 2.75) is 52.0 Å². The maximum Gasteiger partial charge on any atom is 0.233 e. The third-order valence-electron chi connectivity index (χ3n) is 5.21. The minimum Gasteiger partial charge on any atom is -0.379 e. The molecule has 122 valence electrons. The van der Waals surface area contributed by atoms with Gasteiger partial charge in [0, 0.05) is 19.3 Å². The molecular formula is C17H27N3O2. The lowest BCUT2D eigenvalue weighted by Gasteiger charge is -2.45. The molecule has 1 aromatic heterocycles. The van der Waals surface area contributed by atoms with Crippen LogP contribution in [-0.2, 0) is 21.5 Å². The van der Waals surface area contributed by atoms with E-state index in [1.165, 1.54) is 5.56 Å². The second kappa shape index (κ2) is 5.69. The third-order valence-corrected chi connectivity index (χ3v) is 5.21. The van der Waals surface area contributed by atoms with E-state index >= 15 is 0 Å². The maximum atomic E-state index is 12.6. The molecule has 0 saturated carbocycles. The molecule has 2 aliphatic heterocycles. The highest BCUT2D eigenvalue weighted by molar-refractivity contribution is 5.83. The van der Waals surface area contributed by atoms with Crippen LogP contribution >= 0.6 is 0 Å². The highest BCUT2D eigenvalue weighted by Crippen LogP contribution is 2.34. The Balaban J connectivity index is 1.63. The van der Waals surface area contributed by atoms with Crippen LogP contribution < -0.4 is 0 Å². The number of carbonyl (C=O) groups excluding carboxylic acids is 1. The number of piperidine rings is 1. The molecule has 0 aliphatic carbocycles. The number of aryl methyl sites for hydroxylation is 1. The lowest BCUT2D eigenvalue weighted by Crippen LogP contribution is -2.56. The minimum atomic E-state index is -0.284. The number of hydrogen-bond acceptors (Lipinski definition) is 3. The van der Waals surface area contributed by atoms with Gasteiger partial charge in [-0.15, -0.1) is 0 Å². The number of likely N-dealkylation sites (tertiary alicyclic amines) is 1. The molecule has 0 spiro atoms. The molecular weight excluding hydrogens is 278 g/mol. The molecule has 3 heterocycles. The monoisotopic (exact) mass is 305 g/mol. The molecule has 22 heavy (non-hydrogen) atoms. The van der Waals surface area contributed by atoms with Crippen molar-refractivity contribution >= 4 is 5.91 Å². The lowest BCUT2D eigenvalue weighted by atomic mass is 9.84. The number of amides is 1. The van der Waals surface area contributed by atoms with Gasteiger partial charge in [0.2, 0.25) is 5.91 Å². The third kappa shape index (κ3) is 2.67. The van der Waals surface area contributed by atoms with E-state index < -0.39 is 0 Å². The van der Waals surface area contributed by atoms with Gasteiger partial charge in [-0.05, 0) is 38.7 Å². The van der Waals surface area contributed by atoms with Crippen LogP contribution in [-0.4, -0.2) is 46.9 Å². The average Bonchev–Trinajstić information content (AvgIpc) is 2.95. The topological polar surface area (TPSA) is 47.4 Å². The fraction of sp³-hybridized carbons (Fsp3) is 0.765. The van der Waals surface area contributed by atoms with Gasteiger partial charge in [-0.1, -0.05) is 13.3 Å². The second-order valence-corrected chi connectivity index (χ2v) is 7.39. The zero-order chi connectivity index (χ0) is 15.8. The van der Waals surface area contributed by atoms with Gasteiger partial charge in [0.15, 0.2) is 0 Å². The van der Waals surface area contributed by atoms with Crippen molar-refractivity contribution in [3.8, 4) is 0 Å². The quantitative estimate of drug-likeness (QED) is 0.857. The summed E-state index contributed by atoms with van der Waals surface area (Å²) in [6.07, 6.45) is 8.32. The van der Waals surface area contributed by atoms with Crippen LogP contribution in [0, 0.1) is 5.41 Å². The summed E-state index contributed by atoms with van der Waals surface area (Å²) in [7, 11) is 0. The van der Waals surface area contributed by atoms with Gasteiger partial charge in [0.1, 0.15) is 0 Å². The summed E-state index contributed by atoms with van der Waals surface area (Å²) < 4.78 is 7.34. The first-order valence-corrected chi connectivity index (χ1v) is 8.38. The highest BCUT2D eigenvalue weighted by Gasteiger charge is 2.45. The Bertz CT molecular complexity index is 540. The van der Waals surface area contributed by atoms with E-state index in [4.69, 9.17) is 4.74 Å². The first kappa shape index (κ1) is 15.5. The molecule has 0 atom stereocenters. The standard InChI is InChI=1S/C17H27N3O2/c1-4-5-14-10-18-20(11-14)17(3)6-8-19(9-7-17)15(21)16(2)12-22-13-16/h10-11H,4-9,12-13H2,1-3H3. The van der Waals surface area contributed by atoms with Crippen LogP contribution in [0.5, 0.6) is 0 Å². The summed E-state index contributed by atoms with van der Waals surface area (Å²) in [5.74, 6) is 0.257. The van der Waals surface area contributed by atoms with E-state index in [0.29, 0.717) is 13.2 Å². The predicted molar refractivity (Wildman–Crippen MR) is 84.6 cm³/mol. The van der Waals surface area contributed by atoms with Crippen LogP contribution in [0.3, 0.4) is 0 Å². The van der Waals surface area contributed by atoms with Gasteiger partial charge in [-0.3, -0.25) is 9.48 Å². The van der Waals surface area contributed by atoms with E-state index in [2.05, 4.69) is 29.8 Å². The SMILES string of the molecule is CCCc1cnn(C2(C)CCN(C(=O)C3(C)COC3)CC2)c1. The van der Waals surface area contributed by atoms with Crippen molar-refractivity contribution in [3.63, 3.8) is 0 Å². The molecule has 0 bridgehead atoms. The van der Waals surface area contributed by atoms with E-state index in [1.807, 2.05) is 18.0 Å². The Hall–Kier alpha value is -1.36. The molecule has 5 nitrogen and oxygen atoms in total. The molecule has 0 radical (unpaired) electrons. The number of rotatable bonds is 4. The van der Waals surface area contributed by atoms with E-state index in [9.17, 15) is 4.79 Å². The lowest BCUT2D eigenvalue weighted by molar-refractivity contribution is -0.170. The largest absolute Gasteiger partial charge is 0.379 e. The first-order valence-electron chi connectivity index (χ1n) is 8.38. The molecule has 3 rings (SSSR count). The van der Waals surface area contributed by atoms with Crippen molar-refractivity contribution in [2.24, 2.45) is 5.41 Å². The van der Waals surface area contributed by atoms with Crippen molar-refractivity contribution in [2.75, 3.05) is 26.3 Å². The average molecular weight is 305 g/mol. The fourth-order valence-electron chi connectivity index (χ4n) is 3.41. The van der Waals surface area contributed by atoms with Gasteiger partial charge < -0.3 is 9.64 Å². The smallest absolute Gasteiger partial charge is 0.233 e. The van der Waals surface area contributed by atoms with Gasteiger partial charge in [0.05, 0.1) is 30.4 Å². The Morgan fingerprint density at radius 2 is 2.00 bits per heavy atom. The number of ether oxygens (including phenoxy) is 1. The summed E-state index contributed by atoms with van der Waals surface area (Å²) >= 11 is 0. The minimum absolute atomic E-state index is 0.0276. The molecule has 0 N–H and O–H groups in total. The summed E-state index contributed by atoms with van der Waals surface area (Å²) in [6.45, 7) is 9.22. The molecule has 1 aromatic rings. The van der Waals surface area contributed by atoms with Gasteiger partial charge in [-0.25, -0.2) is 0 Å². The zero-order valence-electron chi connectivity index (χ0n) is 14.0. The molecule has 2 saturated heterocycles. The van der Waals surface area contributed by atoms with Crippen molar-refractivity contribution in [3.05, 3.63) is 18.0 Å². The van der Waals surface area contributed by atoms with Crippen molar-refractivity contribution in [1.29, 1.82) is 0 Å². The second-order valence-electron chi connectivity index (χ2n) is 7.39. The van der Waals surface area contributed by atoms with Gasteiger partial charge >= 0.3 is 0 Å². The van der Waals surface area contributed by atoms with Crippen LogP contribution in [0.4, 0.5) is 0 Å².